The van der Waals surface area contributed by atoms with Crippen LogP contribution >= 0.6 is 0 Å². The molecule has 8 nitrogen and oxygen atoms in total. The molecule has 5 rings (SSSR count). The monoisotopic (exact) mass is 474 g/mol. The van der Waals surface area contributed by atoms with Crippen molar-refractivity contribution < 1.29 is 29.3 Å². The highest BCUT2D eigenvalue weighted by Crippen LogP contribution is 2.51. The number of aliphatic hydroxyl groups excluding tert-OH is 1. The lowest BCUT2D eigenvalue weighted by molar-refractivity contribution is -0.150. The lowest BCUT2D eigenvalue weighted by Gasteiger charge is -2.29. The van der Waals surface area contributed by atoms with Crippen molar-refractivity contribution in [1.29, 1.82) is 0 Å². The fourth-order valence-electron chi connectivity index (χ4n) is 5.56. The number of imide groups is 1. The van der Waals surface area contributed by atoms with Gasteiger partial charge < -0.3 is 14.9 Å². The normalized spacial score (nSPS) is 25.8. The summed E-state index contributed by atoms with van der Waals surface area (Å²) in [5.41, 5.74) is 0.105. The summed E-state index contributed by atoms with van der Waals surface area (Å²) in [7, 11) is 1.56. The van der Waals surface area contributed by atoms with Gasteiger partial charge in [-0.05, 0) is 41.1 Å². The molecule has 0 spiro atoms. The van der Waals surface area contributed by atoms with Crippen molar-refractivity contribution >= 4 is 34.2 Å². The molecule has 0 saturated carbocycles. The van der Waals surface area contributed by atoms with Crippen LogP contribution in [0.15, 0.2) is 60.7 Å². The number of carbonyl (C=O) groups excluding carboxylic acids is 2. The second-order valence-electron chi connectivity index (χ2n) is 8.99. The largest absolute Gasteiger partial charge is 0.496 e. The van der Waals surface area contributed by atoms with Crippen molar-refractivity contribution in [3.8, 4) is 5.75 Å². The number of nitrogens with one attached hydrogen (secondary N) is 1. The van der Waals surface area contributed by atoms with E-state index in [1.807, 2.05) is 43.3 Å². The van der Waals surface area contributed by atoms with Crippen LogP contribution in [0.4, 0.5) is 5.69 Å². The van der Waals surface area contributed by atoms with Gasteiger partial charge in [0.25, 0.3) is 0 Å². The van der Waals surface area contributed by atoms with Crippen LogP contribution in [0.5, 0.6) is 5.75 Å². The summed E-state index contributed by atoms with van der Waals surface area (Å²) >= 11 is 0. The number of benzene rings is 3. The maximum absolute atomic E-state index is 13.8. The average molecular weight is 475 g/mol. The number of methoxy groups -OCH3 is 1. The smallest absolute Gasteiger partial charge is 0.327 e. The third kappa shape index (κ3) is 3.25. The van der Waals surface area contributed by atoms with E-state index in [9.17, 15) is 24.6 Å². The Balaban J connectivity index is 1.68. The van der Waals surface area contributed by atoms with Gasteiger partial charge in [-0.1, -0.05) is 49.4 Å². The zero-order valence-corrected chi connectivity index (χ0v) is 19.4. The summed E-state index contributed by atoms with van der Waals surface area (Å²) < 4.78 is 5.48. The molecular weight excluding hydrogens is 448 g/mol. The number of aryl methyl sites for hydroxylation is 1. The van der Waals surface area contributed by atoms with Gasteiger partial charge in [0.2, 0.25) is 11.8 Å². The predicted octanol–water partition coefficient (Wildman–Crippen LogP) is 2.68. The highest BCUT2D eigenvalue weighted by molar-refractivity contribution is 6.24. The van der Waals surface area contributed by atoms with Crippen LogP contribution < -0.4 is 15.0 Å². The maximum atomic E-state index is 13.8. The standard InChI is InChI=1S/C27H26N2O6/c1-3-15-8-10-16(11-9-15)29-24(31)21-22(25(29)32)27(14-30,26(33)34)28-23(21)19-12-13-20(35-2)18-7-5-4-6-17(18)19/h4-13,21-23,28,30H,3,14H2,1-2H3,(H,33,34). The number of carboxylic acid groups (broad SMARTS) is 1. The number of aliphatic carboxylic acids is 1. The van der Waals surface area contributed by atoms with Crippen LogP contribution in [0.3, 0.4) is 0 Å². The molecule has 2 heterocycles. The molecule has 2 amide bonds. The molecular formula is C27H26N2O6. The van der Waals surface area contributed by atoms with Crippen molar-refractivity contribution in [3.63, 3.8) is 0 Å². The number of carbonyl (C=O) groups is 3. The highest BCUT2D eigenvalue weighted by atomic mass is 16.5. The first kappa shape index (κ1) is 23.0. The van der Waals surface area contributed by atoms with Gasteiger partial charge in [-0.25, -0.2) is 4.90 Å². The Labute approximate surface area is 202 Å². The van der Waals surface area contributed by atoms with Gasteiger partial charge in [0, 0.05) is 11.4 Å². The number of hydrogen-bond donors (Lipinski definition) is 3. The Morgan fingerprint density at radius 2 is 1.71 bits per heavy atom. The summed E-state index contributed by atoms with van der Waals surface area (Å²) in [6, 6.07) is 17.3. The van der Waals surface area contributed by atoms with Crippen molar-refractivity contribution in [2.45, 2.75) is 24.9 Å². The molecule has 2 aliphatic heterocycles. The maximum Gasteiger partial charge on any atom is 0.327 e. The molecule has 4 atom stereocenters. The van der Waals surface area contributed by atoms with Crippen LogP contribution in [-0.2, 0) is 20.8 Å². The van der Waals surface area contributed by atoms with E-state index in [1.165, 1.54) is 0 Å². The minimum atomic E-state index is -2.00. The Bertz CT molecular complexity index is 1340. The highest BCUT2D eigenvalue weighted by Gasteiger charge is 2.68. The quantitative estimate of drug-likeness (QED) is 0.471. The Kier molecular flexibility index (Phi) is 5.57. The number of aliphatic hydroxyl groups is 1. The molecule has 2 aliphatic rings. The van der Waals surface area contributed by atoms with Gasteiger partial charge in [-0.15, -0.1) is 0 Å². The number of fused-ring (bicyclic) bond motifs is 2. The second-order valence-corrected chi connectivity index (χ2v) is 8.99. The molecule has 0 bridgehead atoms. The SMILES string of the molecule is CCc1ccc(N2C(=O)C3C(c4ccc(OC)c5ccccc45)NC(CO)(C(=O)O)C3C2=O)cc1. The van der Waals surface area contributed by atoms with Crippen LogP contribution in [0, 0.1) is 11.8 Å². The lowest BCUT2D eigenvalue weighted by Crippen LogP contribution is -2.58. The van der Waals surface area contributed by atoms with Crippen LogP contribution in [0.1, 0.15) is 24.1 Å². The van der Waals surface area contributed by atoms with E-state index in [0.29, 0.717) is 17.0 Å². The van der Waals surface area contributed by atoms with E-state index in [4.69, 9.17) is 4.74 Å². The number of ether oxygens (including phenoxy) is 1. The minimum Gasteiger partial charge on any atom is -0.496 e. The molecule has 35 heavy (non-hydrogen) atoms. The number of amides is 2. The zero-order chi connectivity index (χ0) is 24.9. The molecule has 0 aliphatic carbocycles. The van der Waals surface area contributed by atoms with Crippen LogP contribution in [-0.4, -0.2) is 47.3 Å². The fourth-order valence-corrected chi connectivity index (χ4v) is 5.56. The molecule has 2 fully saturated rings. The first-order chi connectivity index (χ1) is 16.9. The molecule has 3 aromatic carbocycles. The molecule has 2 saturated heterocycles. The molecule has 180 valence electrons. The summed E-state index contributed by atoms with van der Waals surface area (Å²) in [4.78, 5) is 41.0. The average Bonchev–Trinajstić information content (AvgIpc) is 3.37. The van der Waals surface area contributed by atoms with Gasteiger partial charge in [0.05, 0.1) is 31.2 Å². The Hall–Kier alpha value is -3.75. The first-order valence-electron chi connectivity index (χ1n) is 11.5. The van der Waals surface area contributed by atoms with E-state index in [1.54, 1.807) is 31.4 Å². The molecule has 3 N–H and O–H groups in total. The van der Waals surface area contributed by atoms with Crippen molar-refractivity contribution in [1.82, 2.24) is 5.32 Å². The number of carboxylic acids is 1. The summed E-state index contributed by atoms with van der Waals surface area (Å²) in [5.74, 6) is -4.13. The number of nitrogens with zero attached hydrogens (tertiary/aromatic N) is 1. The first-order valence-corrected chi connectivity index (χ1v) is 11.5. The zero-order valence-electron chi connectivity index (χ0n) is 19.4. The molecule has 4 unspecified atom stereocenters. The number of rotatable bonds is 6. The number of hydrogen-bond acceptors (Lipinski definition) is 6. The Morgan fingerprint density at radius 1 is 1.03 bits per heavy atom. The van der Waals surface area contributed by atoms with E-state index < -0.39 is 47.8 Å². The fraction of sp³-hybridized carbons (Fsp3) is 0.296. The molecule has 0 aromatic heterocycles. The topological polar surface area (TPSA) is 116 Å². The van der Waals surface area contributed by atoms with E-state index in [2.05, 4.69) is 5.32 Å². The lowest BCUT2D eigenvalue weighted by atomic mass is 9.79. The minimum absolute atomic E-state index is 0.391. The number of anilines is 1. The van der Waals surface area contributed by atoms with Gasteiger partial charge >= 0.3 is 5.97 Å². The predicted molar refractivity (Wildman–Crippen MR) is 129 cm³/mol. The van der Waals surface area contributed by atoms with Gasteiger partial charge in [0.1, 0.15) is 5.75 Å². The third-order valence-electron chi connectivity index (χ3n) is 7.36. The summed E-state index contributed by atoms with van der Waals surface area (Å²) in [6.45, 7) is 1.17. The molecule has 0 radical (unpaired) electrons. The molecule has 3 aromatic rings. The van der Waals surface area contributed by atoms with Crippen LogP contribution in [0.2, 0.25) is 0 Å². The van der Waals surface area contributed by atoms with Crippen molar-refractivity contribution in [2.75, 3.05) is 18.6 Å². The van der Waals surface area contributed by atoms with Crippen molar-refractivity contribution in [3.05, 3.63) is 71.8 Å². The second kappa shape index (κ2) is 8.48. The third-order valence-corrected chi connectivity index (χ3v) is 7.36. The summed E-state index contributed by atoms with van der Waals surface area (Å²) in [5, 5.41) is 25.0. The Morgan fingerprint density at radius 3 is 2.31 bits per heavy atom. The van der Waals surface area contributed by atoms with E-state index in [0.717, 1.165) is 27.7 Å². The van der Waals surface area contributed by atoms with Gasteiger partial charge in [-0.3, -0.25) is 19.7 Å². The molecule has 8 heteroatoms. The van der Waals surface area contributed by atoms with Gasteiger partial charge in [-0.2, -0.15) is 0 Å². The van der Waals surface area contributed by atoms with Crippen LogP contribution in [0.25, 0.3) is 10.8 Å². The van der Waals surface area contributed by atoms with E-state index in [-0.39, 0.29) is 0 Å². The summed E-state index contributed by atoms with van der Waals surface area (Å²) in [6.07, 6.45) is 0.802. The van der Waals surface area contributed by atoms with Crippen molar-refractivity contribution in [2.24, 2.45) is 11.8 Å². The van der Waals surface area contributed by atoms with E-state index >= 15 is 0 Å². The van der Waals surface area contributed by atoms with Gasteiger partial charge in [0.15, 0.2) is 5.54 Å².